The number of halogens is 1. The maximum absolute atomic E-state index is 6.16. The second-order valence-corrected chi connectivity index (χ2v) is 4.80. The highest BCUT2D eigenvalue weighted by Gasteiger charge is 2.05. The van der Waals surface area contributed by atoms with E-state index < -0.39 is 0 Å². The lowest BCUT2D eigenvalue weighted by atomic mass is 10.1. The molecule has 3 nitrogen and oxygen atoms in total. The van der Waals surface area contributed by atoms with Crippen LogP contribution >= 0.6 is 11.6 Å². The van der Waals surface area contributed by atoms with Crippen LogP contribution < -0.4 is 5.73 Å². The van der Waals surface area contributed by atoms with Gasteiger partial charge >= 0.3 is 0 Å². The molecule has 0 saturated carbocycles. The predicted molar refractivity (Wildman–Crippen MR) is 82.3 cm³/mol. The van der Waals surface area contributed by atoms with Crippen molar-refractivity contribution >= 4 is 17.3 Å². The van der Waals surface area contributed by atoms with Gasteiger partial charge in [0.05, 0.1) is 0 Å². The Kier molecular flexibility index (Phi) is 3.35. The Hall–Kier alpha value is -2.39. The van der Waals surface area contributed by atoms with Crippen LogP contribution in [0.2, 0.25) is 5.02 Å². The molecule has 0 aliphatic heterocycles. The van der Waals surface area contributed by atoms with Gasteiger partial charge in [0, 0.05) is 39.8 Å². The van der Waals surface area contributed by atoms with Crippen LogP contribution in [0.25, 0.3) is 22.5 Å². The Balaban J connectivity index is 1.96. The average molecular weight is 282 g/mol. The Morgan fingerprint density at radius 2 is 1.45 bits per heavy atom. The lowest BCUT2D eigenvalue weighted by molar-refractivity contribution is 1.18. The van der Waals surface area contributed by atoms with Crippen LogP contribution in [0.1, 0.15) is 0 Å². The Bertz CT molecular complexity index is 721. The van der Waals surface area contributed by atoms with Gasteiger partial charge in [-0.05, 0) is 30.3 Å². The molecule has 0 aliphatic carbocycles. The lowest BCUT2D eigenvalue weighted by Crippen LogP contribution is -1.91. The smallest absolute Gasteiger partial charge is 0.159 e. The van der Waals surface area contributed by atoms with E-state index in [9.17, 15) is 0 Å². The highest BCUT2D eigenvalue weighted by molar-refractivity contribution is 6.33. The topological polar surface area (TPSA) is 51.8 Å². The molecule has 0 amide bonds. The van der Waals surface area contributed by atoms with Gasteiger partial charge in [-0.25, -0.2) is 9.97 Å². The fourth-order valence-corrected chi connectivity index (χ4v) is 2.19. The zero-order chi connectivity index (χ0) is 13.9. The largest absolute Gasteiger partial charge is 0.399 e. The maximum Gasteiger partial charge on any atom is 0.159 e. The highest BCUT2D eigenvalue weighted by atomic mass is 35.5. The summed E-state index contributed by atoms with van der Waals surface area (Å²) in [5, 5.41) is 0.691. The molecule has 1 heterocycles. The number of hydrogen-bond acceptors (Lipinski definition) is 3. The minimum Gasteiger partial charge on any atom is -0.399 e. The van der Waals surface area contributed by atoms with Crippen LogP contribution in [0.15, 0.2) is 60.9 Å². The molecule has 0 bridgehead atoms. The summed E-state index contributed by atoms with van der Waals surface area (Å²) in [7, 11) is 0. The van der Waals surface area contributed by atoms with Crippen molar-refractivity contribution in [2.24, 2.45) is 0 Å². The molecule has 1 aromatic heterocycles. The van der Waals surface area contributed by atoms with Crippen LogP contribution in [0, 0.1) is 0 Å². The minimum absolute atomic E-state index is 0.667. The normalized spacial score (nSPS) is 10.4. The first-order valence-electron chi connectivity index (χ1n) is 6.17. The van der Waals surface area contributed by atoms with E-state index in [-0.39, 0.29) is 0 Å². The first-order chi connectivity index (χ1) is 9.74. The third-order valence-corrected chi connectivity index (χ3v) is 3.34. The summed E-state index contributed by atoms with van der Waals surface area (Å²) in [4.78, 5) is 8.77. The van der Waals surface area contributed by atoms with Crippen molar-refractivity contribution in [3.05, 3.63) is 65.9 Å². The highest BCUT2D eigenvalue weighted by Crippen LogP contribution is 2.27. The molecule has 2 N–H and O–H groups in total. The SMILES string of the molecule is Nc1ccc(-c2ncc(-c3ccccc3Cl)cn2)cc1. The number of aromatic nitrogens is 2. The Morgan fingerprint density at radius 3 is 2.10 bits per heavy atom. The van der Waals surface area contributed by atoms with E-state index in [1.165, 1.54) is 0 Å². The van der Waals surface area contributed by atoms with E-state index in [1.807, 2.05) is 48.5 Å². The van der Waals surface area contributed by atoms with Crippen molar-refractivity contribution in [2.75, 3.05) is 5.73 Å². The van der Waals surface area contributed by atoms with Crippen molar-refractivity contribution < 1.29 is 0 Å². The van der Waals surface area contributed by atoms with E-state index in [0.29, 0.717) is 10.8 Å². The van der Waals surface area contributed by atoms with Gasteiger partial charge < -0.3 is 5.73 Å². The number of nitrogens with two attached hydrogens (primary N) is 1. The van der Waals surface area contributed by atoms with Gasteiger partial charge in [0.1, 0.15) is 0 Å². The fraction of sp³-hybridized carbons (Fsp3) is 0. The summed E-state index contributed by atoms with van der Waals surface area (Å²) in [6.45, 7) is 0. The zero-order valence-electron chi connectivity index (χ0n) is 10.6. The quantitative estimate of drug-likeness (QED) is 0.721. The summed E-state index contributed by atoms with van der Waals surface area (Å²) >= 11 is 6.16. The Labute approximate surface area is 122 Å². The van der Waals surface area contributed by atoms with Crippen molar-refractivity contribution in [3.8, 4) is 22.5 Å². The van der Waals surface area contributed by atoms with E-state index in [0.717, 1.165) is 22.4 Å². The molecule has 98 valence electrons. The van der Waals surface area contributed by atoms with E-state index >= 15 is 0 Å². The van der Waals surface area contributed by atoms with E-state index in [1.54, 1.807) is 12.4 Å². The van der Waals surface area contributed by atoms with Crippen LogP contribution in [0.4, 0.5) is 5.69 Å². The first-order valence-corrected chi connectivity index (χ1v) is 6.55. The summed E-state index contributed by atoms with van der Waals surface area (Å²) in [6, 6.07) is 15.1. The molecule has 4 heteroatoms. The molecule has 3 aromatic rings. The number of nitrogen functional groups attached to an aromatic ring is 1. The average Bonchev–Trinajstić information content (AvgIpc) is 2.49. The van der Waals surface area contributed by atoms with Crippen LogP contribution in [0.3, 0.4) is 0 Å². The van der Waals surface area contributed by atoms with Gasteiger partial charge in [0.15, 0.2) is 5.82 Å². The monoisotopic (exact) mass is 281 g/mol. The standard InChI is InChI=1S/C16H12ClN3/c17-15-4-2-1-3-14(15)12-9-19-16(20-10-12)11-5-7-13(18)8-6-11/h1-10H,18H2. The number of hydrogen-bond donors (Lipinski definition) is 1. The van der Waals surface area contributed by atoms with Crippen molar-refractivity contribution in [1.29, 1.82) is 0 Å². The first kappa shape index (κ1) is 12.6. The predicted octanol–water partition coefficient (Wildman–Crippen LogP) is 4.05. The molecule has 20 heavy (non-hydrogen) atoms. The van der Waals surface area contributed by atoms with Crippen LogP contribution in [0.5, 0.6) is 0 Å². The summed E-state index contributed by atoms with van der Waals surface area (Å²) in [5.41, 5.74) is 9.15. The summed E-state index contributed by atoms with van der Waals surface area (Å²) < 4.78 is 0. The third kappa shape index (κ3) is 2.49. The second kappa shape index (κ2) is 5.31. The zero-order valence-corrected chi connectivity index (χ0v) is 11.4. The summed E-state index contributed by atoms with van der Waals surface area (Å²) in [6.07, 6.45) is 3.56. The Morgan fingerprint density at radius 1 is 0.800 bits per heavy atom. The van der Waals surface area contributed by atoms with E-state index in [4.69, 9.17) is 17.3 Å². The molecule has 3 rings (SSSR count). The minimum atomic E-state index is 0.667. The third-order valence-electron chi connectivity index (χ3n) is 3.01. The number of anilines is 1. The number of nitrogens with zero attached hydrogens (tertiary/aromatic N) is 2. The molecule has 0 unspecified atom stereocenters. The molecule has 2 aromatic carbocycles. The number of benzene rings is 2. The molecule has 0 saturated heterocycles. The van der Waals surface area contributed by atoms with Crippen LogP contribution in [-0.2, 0) is 0 Å². The van der Waals surface area contributed by atoms with Gasteiger partial charge in [-0.1, -0.05) is 29.8 Å². The molecule has 0 radical (unpaired) electrons. The maximum atomic E-state index is 6.16. The van der Waals surface area contributed by atoms with Crippen molar-refractivity contribution in [1.82, 2.24) is 9.97 Å². The molecule has 0 spiro atoms. The fourth-order valence-electron chi connectivity index (χ4n) is 1.94. The van der Waals surface area contributed by atoms with Crippen molar-refractivity contribution in [3.63, 3.8) is 0 Å². The second-order valence-electron chi connectivity index (χ2n) is 4.40. The van der Waals surface area contributed by atoms with Gasteiger partial charge in [-0.3, -0.25) is 0 Å². The van der Waals surface area contributed by atoms with E-state index in [2.05, 4.69) is 9.97 Å². The number of rotatable bonds is 2. The molecule has 0 atom stereocenters. The van der Waals surface area contributed by atoms with Gasteiger partial charge in [0.25, 0.3) is 0 Å². The van der Waals surface area contributed by atoms with Gasteiger partial charge in [-0.15, -0.1) is 0 Å². The molecular formula is C16H12ClN3. The summed E-state index contributed by atoms with van der Waals surface area (Å²) in [5.74, 6) is 0.667. The van der Waals surface area contributed by atoms with Crippen molar-refractivity contribution in [2.45, 2.75) is 0 Å². The van der Waals surface area contributed by atoms with Crippen LogP contribution in [-0.4, -0.2) is 9.97 Å². The van der Waals surface area contributed by atoms with Gasteiger partial charge in [0.2, 0.25) is 0 Å². The lowest BCUT2D eigenvalue weighted by Gasteiger charge is -2.05. The molecule has 0 aliphatic rings. The molecular weight excluding hydrogens is 270 g/mol. The van der Waals surface area contributed by atoms with Gasteiger partial charge in [-0.2, -0.15) is 0 Å². The molecule has 0 fully saturated rings.